The summed E-state index contributed by atoms with van der Waals surface area (Å²) in [5.41, 5.74) is 0.892. The standard InChI is InChI=1S/C22H18FN3O3S2/c1-2-29-15-9-7-14(8-10-15)24-19(27)13-31-22-25-17-11-12-30-20(17)21(28)26(22)18-6-4-3-5-16(18)23/h3-12H,2,13H2,1H3,(H,24,27). The Hall–Kier alpha value is -3.17. The van der Waals surface area contributed by atoms with Crippen molar-refractivity contribution in [2.75, 3.05) is 17.7 Å². The van der Waals surface area contributed by atoms with Crippen molar-refractivity contribution in [1.29, 1.82) is 0 Å². The van der Waals surface area contributed by atoms with Crippen LogP contribution in [0.25, 0.3) is 15.9 Å². The first-order valence-corrected chi connectivity index (χ1v) is 11.3. The van der Waals surface area contributed by atoms with Crippen LogP contribution in [0.3, 0.4) is 0 Å². The molecule has 0 radical (unpaired) electrons. The molecule has 31 heavy (non-hydrogen) atoms. The van der Waals surface area contributed by atoms with E-state index in [4.69, 9.17) is 4.74 Å². The summed E-state index contributed by atoms with van der Waals surface area (Å²) in [7, 11) is 0. The van der Waals surface area contributed by atoms with Crippen LogP contribution < -0.4 is 15.6 Å². The van der Waals surface area contributed by atoms with E-state index in [1.165, 1.54) is 28.0 Å². The molecule has 0 unspecified atom stereocenters. The van der Waals surface area contributed by atoms with E-state index in [2.05, 4.69) is 10.3 Å². The van der Waals surface area contributed by atoms with Crippen molar-refractivity contribution >= 4 is 44.9 Å². The summed E-state index contributed by atoms with van der Waals surface area (Å²) in [6.07, 6.45) is 0. The number of nitrogens with one attached hydrogen (secondary N) is 1. The van der Waals surface area contributed by atoms with Crippen molar-refractivity contribution in [3.05, 3.63) is 76.1 Å². The van der Waals surface area contributed by atoms with Crippen molar-refractivity contribution in [2.45, 2.75) is 12.1 Å². The molecule has 6 nitrogen and oxygen atoms in total. The highest BCUT2D eigenvalue weighted by molar-refractivity contribution is 7.99. The molecule has 1 N–H and O–H groups in total. The number of thiophene rings is 1. The predicted molar refractivity (Wildman–Crippen MR) is 122 cm³/mol. The van der Waals surface area contributed by atoms with E-state index in [-0.39, 0.29) is 28.1 Å². The molecule has 0 atom stereocenters. The maximum absolute atomic E-state index is 14.5. The third kappa shape index (κ3) is 4.62. The van der Waals surface area contributed by atoms with Gasteiger partial charge in [-0.15, -0.1) is 11.3 Å². The quantitative estimate of drug-likeness (QED) is 0.323. The molecule has 0 saturated heterocycles. The van der Waals surface area contributed by atoms with E-state index >= 15 is 0 Å². The van der Waals surface area contributed by atoms with E-state index in [0.29, 0.717) is 22.5 Å². The zero-order valence-electron chi connectivity index (χ0n) is 16.5. The fourth-order valence-electron chi connectivity index (χ4n) is 2.96. The van der Waals surface area contributed by atoms with Gasteiger partial charge in [0.15, 0.2) is 5.16 Å². The van der Waals surface area contributed by atoms with Crippen molar-refractivity contribution in [3.63, 3.8) is 0 Å². The van der Waals surface area contributed by atoms with Crippen LogP contribution in [-0.2, 0) is 4.79 Å². The summed E-state index contributed by atoms with van der Waals surface area (Å²) in [5.74, 6) is -0.0852. The fraction of sp³-hybridized carbons (Fsp3) is 0.136. The number of hydrogen-bond donors (Lipinski definition) is 1. The maximum Gasteiger partial charge on any atom is 0.276 e. The number of benzene rings is 2. The highest BCUT2D eigenvalue weighted by Gasteiger charge is 2.17. The van der Waals surface area contributed by atoms with Gasteiger partial charge in [0.1, 0.15) is 16.3 Å². The van der Waals surface area contributed by atoms with Gasteiger partial charge in [0.25, 0.3) is 5.56 Å². The van der Waals surface area contributed by atoms with Crippen LogP contribution in [0, 0.1) is 5.82 Å². The van der Waals surface area contributed by atoms with Gasteiger partial charge in [0.05, 0.1) is 23.6 Å². The largest absolute Gasteiger partial charge is 0.494 e. The third-order valence-electron chi connectivity index (χ3n) is 4.32. The van der Waals surface area contributed by atoms with E-state index in [0.717, 1.165) is 17.5 Å². The van der Waals surface area contributed by atoms with Crippen LogP contribution in [0.5, 0.6) is 5.75 Å². The molecule has 158 valence electrons. The number of fused-ring (bicyclic) bond motifs is 1. The Morgan fingerprint density at radius 1 is 1.19 bits per heavy atom. The van der Waals surface area contributed by atoms with Crippen LogP contribution in [0.1, 0.15) is 6.92 Å². The second-order valence-electron chi connectivity index (χ2n) is 6.42. The number of carbonyl (C=O) groups excluding carboxylic acids is 1. The minimum Gasteiger partial charge on any atom is -0.494 e. The molecule has 2 aromatic heterocycles. The molecule has 1 amide bonds. The van der Waals surface area contributed by atoms with Crippen LogP contribution in [0.15, 0.2) is 69.9 Å². The maximum atomic E-state index is 14.5. The van der Waals surface area contributed by atoms with Crippen molar-refractivity contribution in [2.24, 2.45) is 0 Å². The SMILES string of the molecule is CCOc1ccc(NC(=O)CSc2nc3ccsc3c(=O)n2-c2ccccc2F)cc1. The van der Waals surface area contributed by atoms with Crippen LogP contribution >= 0.6 is 23.1 Å². The highest BCUT2D eigenvalue weighted by atomic mass is 32.2. The monoisotopic (exact) mass is 455 g/mol. The Labute approximate surface area is 185 Å². The van der Waals surface area contributed by atoms with E-state index in [1.54, 1.807) is 47.8 Å². The van der Waals surface area contributed by atoms with E-state index in [9.17, 15) is 14.0 Å². The van der Waals surface area contributed by atoms with Gasteiger partial charge in [-0.05, 0) is 54.8 Å². The molecule has 0 bridgehead atoms. The van der Waals surface area contributed by atoms with E-state index in [1.807, 2.05) is 6.92 Å². The zero-order chi connectivity index (χ0) is 21.8. The predicted octanol–water partition coefficient (Wildman–Crippen LogP) is 4.72. The first-order chi connectivity index (χ1) is 15.1. The molecule has 0 spiro atoms. The Balaban J connectivity index is 1.58. The lowest BCUT2D eigenvalue weighted by Gasteiger charge is -2.13. The van der Waals surface area contributed by atoms with Crippen molar-refractivity contribution < 1.29 is 13.9 Å². The van der Waals surface area contributed by atoms with Gasteiger partial charge in [-0.25, -0.2) is 9.37 Å². The van der Waals surface area contributed by atoms with Crippen LogP contribution in [0.4, 0.5) is 10.1 Å². The number of para-hydroxylation sites is 1. The molecule has 4 rings (SSSR count). The number of rotatable bonds is 7. The van der Waals surface area contributed by atoms with Gasteiger partial charge in [-0.3, -0.25) is 14.2 Å². The number of nitrogens with zero attached hydrogens (tertiary/aromatic N) is 2. The number of thioether (sulfide) groups is 1. The summed E-state index contributed by atoms with van der Waals surface area (Å²) in [6.45, 7) is 2.46. The first kappa shape index (κ1) is 21.1. The first-order valence-electron chi connectivity index (χ1n) is 9.47. The fourth-order valence-corrected chi connectivity index (χ4v) is 4.53. The van der Waals surface area contributed by atoms with Gasteiger partial charge in [0, 0.05) is 5.69 Å². The number of carbonyl (C=O) groups is 1. The molecule has 2 heterocycles. The topological polar surface area (TPSA) is 73.2 Å². The minimum absolute atomic E-state index is 0.00372. The Morgan fingerprint density at radius 2 is 1.97 bits per heavy atom. The van der Waals surface area contributed by atoms with Gasteiger partial charge < -0.3 is 10.1 Å². The zero-order valence-corrected chi connectivity index (χ0v) is 18.1. The second kappa shape index (κ2) is 9.32. The molecule has 0 fully saturated rings. The molecule has 0 aliphatic heterocycles. The summed E-state index contributed by atoms with van der Waals surface area (Å²) < 4.78 is 21.5. The molecule has 0 saturated carbocycles. The summed E-state index contributed by atoms with van der Waals surface area (Å²) in [4.78, 5) is 30.0. The number of halogens is 1. The summed E-state index contributed by atoms with van der Waals surface area (Å²) in [6, 6.07) is 14.8. The number of anilines is 1. The van der Waals surface area contributed by atoms with Gasteiger partial charge in [-0.2, -0.15) is 0 Å². The van der Waals surface area contributed by atoms with Gasteiger partial charge in [-0.1, -0.05) is 23.9 Å². The van der Waals surface area contributed by atoms with Gasteiger partial charge in [0.2, 0.25) is 5.91 Å². The Morgan fingerprint density at radius 3 is 2.71 bits per heavy atom. The number of ether oxygens (including phenoxy) is 1. The number of amides is 1. The number of hydrogen-bond acceptors (Lipinski definition) is 6. The lowest BCUT2D eigenvalue weighted by Crippen LogP contribution is -2.23. The molecule has 0 aliphatic rings. The average molecular weight is 456 g/mol. The minimum atomic E-state index is -0.539. The van der Waals surface area contributed by atoms with Crippen LogP contribution in [0.2, 0.25) is 0 Å². The molecule has 9 heteroatoms. The molecule has 2 aromatic carbocycles. The normalized spacial score (nSPS) is 10.9. The smallest absolute Gasteiger partial charge is 0.276 e. The summed E-state index contributed by atoms with van der Waals surface area (Å²) in [5, 5.41) is 4.81. The van der Waals surface area contributed by atoms with Crippen molar-refractivity contribution in [1.82, 2.24) is 9.55 Å². The Bertz CT molecular complexity index is 1290. The van der Waals surface area contributed by atoms with Crippen molar-refractivity contribution in [3.8, 4) is 11.4 Å². The van der Waals surface area contributed by atoms with Crippen LogP contribution in [-0.4, -0.2) is 27.8 Å². The second-order valence-corrected chi connectivity index (χ2v) is 8.27. The molecular formula is C22H18FN3O3S2. The van der Waals surface area contributed by atoms with Gasteiger partial charge >= 0.3 is 0 Å². The van der Waals surface area contributed by atoms with E-state index < -0.39 is 5.82 Å². The Kier molecular flexibility index (Phi) is 6.34. The average Bonchev–Trinajstić information content (AvgIpc) is 3.24. The summed E-state index contributed by atoms with van der Waals surface area (Å²) >= 11 is 2.33. The lowest BCUT2D eigenvalue weighted by atomic mass is 10.3. The number of aromatic nitrogens is 2. The lowest BCUT2D eigenvalue weighted by molar-refractivity contribution is -0.113. The molecule has 4 aromatic rings. The molecule has 0 aliphatic carbocycles. The third-order valence-corrected chi connectivity index (χ3v) is 6.15. The highest BCUT2D eigenvalue weighted by Crippen LogP contribution is 2.25. The molecular weight excluding hydrogens is 437 g/mol.